The molecule has 0 radical (unpaired) electrons. The molecule has 0 aliphatic carbocycles. The number of methoxy groups -OCH3 is 1. The van der Waals surface area contributed by atoms with Gasteiger partial charge >= 0.3 is 6.18 Å². The Morgan fingerprint density at radius 2 is 2.11 bits per heavy atom. The van der Waals surface area contributed by atoms with Crippen LogP contribution in [0.2, 0.25) is 0 Å². The fourth-order valence-electron chi connectivity index (χ4n) is 3.12. The van der Waals surface area contributed by atoms with Crippen LogP contribution in [0.5, 0.6) is 0 Å². The Kier molecular flexibility index (Phi) is 5.65. The van der Waals surface area contributed by atoms with Crippen molar-refractivity contribution in [3.05, 3.63) is 58.8 Å². The van der Waals surface area contributed by atoms with E-state index in [1.165, 1.54) is 12.3 Å². The number of aromatic nitrogens is 1. The number of alkyl halides is 3. The minimum atomic E-state index is -4.38. The fourth-order valence-corrected chi connectivity index (χ4v) is 3.12. The lowest BCUT2D eigenvalue weighted by Crippen LogP contribution is -2.33. The molecular formula is C19H20F3N3O2. The molecule has 1 N–H and O–H groups in total. The standard InChI is InChI=1S/C19H20F3N3O2/c1-27-10-8-23-18(26)14-5-6-17(24-11-14)25-9-7-13-3-2-4-16(15(13)12-25)19(20,21)22/h2-6,11H,7-10,12H2,1H3,(H,23,26). The number of halogens is 3. The first-order chi connectivity index (χ1) is 12.9. The van der Waals surface area contributed by atoms with Gasteiger partial charge in [0.2, 0.25) is 0 Å². The van der Waals surface area contributed by atoms with Gasteiger partial charge in [-0.3, -0.25) is 4.79 Å². The van der Waals surface area contributed by atoms with Crippen LogP contribution in [0.25, 0.3) is 0 Å². The number of benzene rings is 1. The van der Waals surface area contributed by atoms with Crippen molar-refractivity contribution in [2.45, 2.75) is 19.1 Å². The Hall–Kier alpha value is -2.61. The van der Waals surface area contributed by atoms with Crippen LogP contribution < -0.4 is 10.2 Å². The van der Waals surface area contributed by atoms with E-state index in [0.29, 0.717) is 43.1 Å². The van der Waals surface area contributed by atoms with Gasteiger partial charge < -0.3 is 15.0 Å². The zero-order chi connectivity index (χ0) is 19.4. The smallest absolute Gasteiger partial charge is 0.383 e. The lowest BCUT2D eigenvalue weighted by Gasteiger charge is -2.31. The van der Waals surface area contributed by atoms with Gasteiger partial charge in [0.15, 0.2) is 0 Å². The quantitative estimate of drug-likeness (QED) is 0.812. The second-order valence-electron chi connectivity index (χ2n) is 6.27. The van der Waals surface area contributed by atoms with Crippen LogP contribution in [-0.4, -0.2) is 37.7 Å². The first kappa shape index (κ1) is 19.2. The Bertz CT molecular complexity index is 807. The summed E-state index contributed by atoms with van der Waals surface area (Å²) >= 11 is 0. The van der Waals surface area contributed by atoms with Crippen molar-refractivity contribution < 1.29 is 22.7 Å². The molecule has 1 aliphatic rings. The second kappa shape index (κ2) is 7.96. The normalized spacial score (nSPS) is 14.0. The molecule has 0 saturated heterocycles. The molecule has 3 rings (SSSR count). The molecule has 27 heavy (non-hydrogen) atoms. The van der Waals surface area contributed by atoms with Crippen LogP contribution in [0.1, 0.15) is 27.0 Å². The summed E-state index contributed by atoms with van der Waals surface area (Å²) in [6.45, 7) is 1.50. The van der Waals surface area contributed by atoms with Gasteiger partial charge in [-0.1, -0.05) is 12.1 Å². The Balaban J connectivity index is 1.75. The van der Waals surface area contributed by atoms with Crippen molar-refractivity contribution in [2.75, 3.05) is 31.7 Å². The second-order valence-corrected chi connectivity index (χ2v) is 6.27. The van der Waals surface area contributed by atoms with Gasteiger partial charge in [-0.2, -0.15) is 13.2 Å². The minimum Gasteiger partial charge on any atom is -0.383 e. The largest absolute Gasteiger partial charge is 0.416 e. The molecule has 5 nitrogen and oxygen atoms in total. The topological polar surface area (TPSA) is 54.5 Å². The van der Waals surface area contributed by atoms with E-state index in [1.54, 1.807) is 30.2 Å². The first-order valence-electron chi connectivity index (χ1n) is 8.56. The fraction of sp³-hybridized carbons (Fsp3) is 0.368. The van der Waals surface area contributed by atoms with Crippen LogP contribution in [0.3, 0.4) is 0 Å². The van der Waals surface area contributed by atoms with Gasteiger partial charge in [0, 0.05) is 32.9 Å². The number of fused-ring (bicyclic) bond motifs is 1. The highest BCUT2D eigenvalue weighted by Gasteiger charge is 2.35. The van der Waals surface area contributed by atoms with Crippen molar-refractivity contribution in [3.8, 4) is 0 Å². The third-order valence-electron chi connectivity index (χ3n) is 4.50. The van der Waals surface area contributed by atoms with E-state index in [2.05, 4.69) is 10.3 Å². The van der Waals surface area contributed by atoms with E-state index in [-0.39, 0.29) is 12.5 Å². The van der Waals surface area contributed by atoms with Crippen molar-refractivity contribution in [1.29, 1.82) is 0 Å². The molecule has 1 aromatic carbocycles. The molecule has 144 valence electrons. The maximum Gasteiger partial charge on any atom is 0.416 e. The lowest BCUT2D eigenvalue weighted by atomic mass is 9.94. The molecule has 1 aromatic heterocycles. The molecule has 1 amide bonds. The average Bonchev–Trinajstić information content (AvgIpc) is 2.66. The highest BCUT2D eigenvalue weighted by atomic mass is 19.4. The predicted molar refractivity (Wildman–Crippen MR) is 94.6 cm³/mol. The maximum atomic E-state index is 13.3. The van der Waals surface area contributed by atoms with E-state index in [1.807, 2.05) is 0 Å². The number of rotatable bonds is 5. The number of carbonyl (C=O) groups is 1. The van der Waals surface area contributed by atoms with E-state index in [9.17, 15) is 18.0 Å². The zero-order valence-electron chi connectivity index (χ0n) is 14.8. The average molecular weight is 379 g/mol. The van der Waals surface area contributed by atoms with Crippen molar-refractivity contribution in [3.63, 3.8) is 0 Å². The number of amides is 1. The highest BCUT2D eigenvalue weighted by molar-refractivity contribution is 5.94. The van der Waals surface area contributed by atoms with Crippen molar-refractivity contribution >= 4 is 11.7 Å². The number of pyridine rings is 1. The summed E-state index contributed by atoms with van der Waals surface area (Å²) in [6, 6.07) is 7.58. The number of anilines is 1. The predicted octanol–water partition coefficient (Wildman–Crippen LogP) is 3.04. The highest BCUT2D eigenvalue weighted by Crippen LogP contribution is 2.36. The number of hydrogen-bond donors (Lipinski definition) is 1. The summed E-state index contributed by atoms with van der Waals surface area (Å²) < 4.78 is 44.7. The van der Waals surface area contributed by atoms with E-state index in [4.69, 9.17) is 4.74 Å². The van der Waals surface area contributed by atoms with Crippen LogP contribution in [-0.2, 0) is 23.9 Å². The third-order valence-corrected chi connectivity index (χ3v) is 4.50. The number of carbonyl (C=O) groups excluding carboxylic acids is 1. The van der Waals surface area contributed by atoms with E-state index < -0.39 is 11.7 Å². The first-order valence-corrected chi connectivity index (χ1v) is 8.56. The molecule has 0 fully saturated rings. The number of nitrogens with zero attached hydrogens (tertiary/aromatic N) is 2. The van der Waals surface area contributed by atoms with E-state index >= 15 is 0 Å². The van der Waals surface area contributed by atoms with Crippen molar-refractivity contribution in [1.82, 2.24) is 10.3 Å². The number of hydrogen-bond acceptors (Lipinski definition) is 4. The molecule has 0 saturated carbocycles. The summed E-state index contributed by atoms with van der Waals surface area (Å²) in [5.74, 6) is 0.278. The molecule has 2 heterocycles. The molecule has 8 heteroatoms. The summed E-state index contributed by atoms with van der Waals surface area (Å²) in [7, 11) is 1.55. The summed E-state index contributed by atoms with van der Waals surface area (Å²) in [6.07, 6.45) is -2.44. The summed E-state index contributed by atoms with van der Waals surface area (Å²) in [5.41, 5.74) is 0.803. The molecule has 0 bridgehead atoms. The molecule has 0 unspecified atom stereocenters. The Labute approximate surface area is 155 Å². The number of nitrogens with one attached hydrogen (secondary N) is 1. The van der Waals surface area contributed by atoms with Gasteiger partial charge in [0.25, 0.3) is 5.91 Å². The van der Waals surface area contributed by atoms with Crippen molar-refractivity contribution in [2.24, 2.45) is 0 Å². The maximum absolute atomic E-state index is 13.3. The molecular weight excluding hydrogens is 359 g/mol. The minimum absolute atomic E-state index is 0.136. The van der Waals surface area contributed by atoms with Crippen LogP contribution >= 0.6 is 0 Å². The van der Waals surface area contributed by atoms with Crippen LogP contribution in [0, 0.1) is 0 Å². The van der Waals surface area contributed by atoms with Crippen LogP contribution in [0.4, 0.5) is 19.0 Å². The molecule has 1 aliphatic heterocycles. The van der Waals surface area contributed by atoms with Gasteiger partial charge in [0.05, 0.1) is 17.7 Å². The van der Waals surface area contributed by atoms with Gasteiger partial charge in [0.1, 0.15) is 5.82 Å². The number of ether oxygens (including phenoxy) is 1. The molecule has 0 atom stereocenters. The Morgan fingerprint density at radius 3 is 2.78 bits per heavy atom. The SMILES string of the molecule is COCCNC(=O)c1ccc(N2CCc3cccc(C(F)(F)F)c3C2)nc1. The Morgan fingerprint density at radius 1 is 1.30 bits per heavy atom. The molecule has 0 spiro atoms. The lowest BCUT2D eigenvalue weighted by molar-refractivity contribution is -0.138. The van der Waals surface area contributed by atoms with Gasteiger partial charge in [-0.05, 0) is 35.7 Å². The van der Waals surface area contributed by atoms with Gasteiger partial charge in [-0.15, -0.1) is 0 Å². The summed E-state index contributed by atoms with van der Waals surface area (Å²) in [4.78, 5) is 18.0. The van der Waals surface area contributed by atoms with Gasteiger partial charge in [-0.25, -0.2) is 4.98 Å². The van der Waals surface area contributed by atoms with E-state index in [0.717, 1.165) is 11.6 Å². The van der Waals surface area contributed by atoms with Crippen LogP contribution in [0.15, 0.2) is 36.5 Å². The third kappa shape index (κ3) is 4.39. The summed E-state index contributed by atoms with van der Waals surface area (Å²) in [5, 5.41) is 2.69. The molecule has 2 aromatic rings. The zero-order valence-corrected chi connectivity index (χ0v) is 14.8. The monoisotopic (exact) mass is 379 g/mol.